The molecule has 2 aromatic rings. The summed E-state index contributed by atoms with van der Waals surface area (Å²) in [6.07, 6.45) is 0. The summed E-state index contributed by atoms with van der Waals surface area (Å²) in [5, 5.41) is 3.82. The highest BCUT2D eigenvalue weighted by Crippen LogP contribution is 2.36. The molecular formula is C16H16Cl2N2O3. The summed E-state index contributed by atoms with van der Waals surface area (Å²) in [6, 6.07) is 9.95. The first kappa shape index (κ1) is 17.2. The Balaban J connectivity index is 2.19. The molecule has 0 fully saturated rings. The van der Waals surface area contributed by atoms with Gasteiger partial charge in [0.05, 0.1) is 17.3 Å². The molecular weight excluding hydrogens is 339 g/mol. The predicted molar refractivity (Wildman–Crippen MR) is 92.5 cm³/mol. The van der Waals surface area contributed by atoms with Crippen molar-refractivity contribution >= 4 is 40.5 Å². The van der Waals surface area contributed by atoms with E-state index in [0.29, 0.717) is 39.5 Å². The number of carbonyl (C=O) groups excluding carboxylic acids is 1. The zero-order valence-corrected chi connectivity index (χ0v) is 13.9. The lowest BCUT2D eigenvalue weighted by Gasteiger charge is -2.14. The number of hydrogen-bond acceptors (Lipinski definition) is 5. The maximum Gasteiger partial charge on any atom is 0.325 e. The van der Waals surface area contributed by atoms with Crippen LogP contribution in [0.4, 0.5) is 11.4 Å². The lowest BCUT2D eigenvalue weighted by atomic mass is 10.2. The molecule has 0 spiro atoms. The zero-order valence-electron chi connectivity index (χ0n) is 12.4. The standard InChI is InChI=1S/C16H16Cl2N2O3/c1-2-22-16(21)9-20-13-5-3-10(17)7-15(13)23-14-6-4-11(19)8-12(14)18/h3-8,20H,2,9,19H2,1H3. The smallest absolute Gasteiger partial charge is 0.325 e. The second-order valence-electron chi connectivity index (χ2n) is 4.59. The second kappa shape index (κ2) is 7.94. The van der Waals surface area contributed by atoms with Gasteiger partial charge in [0.1, 0.15) is 12.3 Å². The Kier molecular flexibility index (Phi) is 5.96. The monoisotopic (exact) mass is 354 g/mol. The molecule has 7 heteroatoms. The van der Waals surface area contributed by atoms with Crippen molar-refractivity contribution in [1.82, 2.24) is 0 Å². The van der Waals surface area contributed by atoms with Gasteiger partial charge in [0.25, 0.3) is 0 Å². The van der Waals surface area contributed by atoms with Gasteiger partial charge in [-0.05, 0) is 37.3 Å². The van der Waals surface area contributed by atoms with Crippen LogP contribution >= 0.6 is 23.2 Å². The highest BCUT2D eigenvalue weighted by Gasteiger charge is 2.10. The van der Waals surface area contributed by atoms with E-state index in [4.69, 9.17) is 38.4 Å². The molecule has 0 aliphatic rings. The first-order valence-corrected chi connectivity index (χ1v) is 7.67. The third-order valence-electron chi connectivity index (χ3n) is 2.85. The van der Waals surface area contributed by atoms with E-state index in [0.717, 1.165) is 0 Å². The molecule has 2 aromatic carbocycles. The molecule has 0 unspecified atom stereocenters. The van der Waals surface area contributed by atoms with Crippen LogP contribution in [0.2, 0.25) is 10.0 Å². The van der Waals surface area contributed by atoms with Crippen LogP contribution in [0.25, 0.3) is 0 Å². The molecule has 122 valence electrons. The fourth-order valence-electron chi connectivity index (χ4n) is 1.82. The molecule has 0 bridgehead atoms. The quantitative estimate of drug-likeness (QED) is 0.596. The highest BCUT2D eigenvalue weighted by atomic mass is 35.5. The summed E-state index contributed by atoms with van der Waals surface area (Å²) in [5.41, 5.74) is 6.79. The van der Waals surface area contributed by atoms with Crippen molar-refractivity contribution in [2.75, 3.05) is 24.2 Å². The molecule has 23 heavy (non-hydrogen) atoms. The van der Waals surface area contributed by atoms with Gasteiger partial charge in [-0.15, -0.1) is 0 Å². The summed E-state index contributed by atoms with van der Waals surface area (Å²) < 4.78 is 10.7. The summed E-state index contributed by atoms with van der Waals surface area (Å²) in [7, 11) is 0. The summed E-state index contributed by atoms with van der Waals surface area (Å²) >= 11 is 12.1. The molecule has 0 atom stereocenters. The lowest BCUT2D eigenvalue weighted by molar-refractivity contribution is -0.140. The molecule has 0 radical (unpaired) electrons. The normalized spacial score (nSPS) is 10.2. The van der Waals surface area contributed by atoms with E-state index in [9.17, 15) is 4.79 Å². The van der Waals surface area contributed by atoms with Crippen LogP contribution in [0.5, 0.6) is 11.5 Å². The highest BCUT2D eigenvalue weighted by molar-refractivity contribution is 6.32. The predicted octanol–water partition coefficient (Wildman–Crippen LogP) is 4.34. The van der Waals surface area contributed by atoms with Gasteiger partial charge >= 0.3 is 5.97 Å². The Morgan fingerprint density at radius 1 is 1.17 bits per heavy atom. The average molecular weight is 355 g/mol. The van der Waals surface area contributed by atoms with Gasteiger partial charge in [0.2, 0.25) is 0 Å². The Labute approximate surface area is 144 Å². The van der Waals surface area contributed by atoms with Crippen LogP contribution in [0.3, 0.4) is 0 Å². The molecule has 0 amide bonds. The fraction of sp³-hybridized carbons (Fsp3) is 0.188. The van der Waals surface area contributed by atoms with E-state index < -0.39 is 0 Å². The molecule has 3 N–H and O–H groups in total. The number of ether oxygens (including phenoxy) is 2. The molecule has 2 rings (SSSR count). The van der Waals surface area contributed by atoms with Gasteiger partial charge in [-0.2, -0.15) is 0 Å². The number of benzene rings is 2. The first-order chi connectivity index (χ1) is 11.0. The Hall–Kier alpha value is -2.11. The van der Waals surface area contributed by atoms with Crippen molar-refractivity contribution in [3.8, 4) is 11.5 Å². The third kappa shape index (κ3) is 4.94. The third-order valence-corrected chi connectivity index (χ3v) is 3.38. The molecule has 5 nitrogen and oxygen atoms in total. The number of nitrogen functional groups attached to an aromatic ring is 1. The van der Waals surface area contributed by atoms with E-state index in [1.807, 2.05) is 0 Å². The van der Waals surface area contributed by atoms with E-state index in [-0.39, 0.29) is 12.5 Å². The number of halogens is 2. The Morgan fingerprint density at radius 2 is 1.96 bits per heavy atom. The van der Waals surface area contributed by atoms with Crippen molar-refractivity contribution in [3.63, 3.8) is 0 Å². The van der Waals surface area contributed by atoms with Crippen LogP contribution in [0, 0.1) is 0 Å². The van der Waals surface area contributed by atoms with Crippen molar-refractivity contribution in [1.29, 1.82) is 0 Å². The number of carbonyl (C=O) groups is 1. The number of nitrogens with two attached hydrogens (primary N) is 1. The zero-order chi connectivity index (χ0) is 16.8. The van der Waals surface area contributed by atoms with Gasteiger partial charge in [-0.25, -0.2) is 0 Å². The molecule has 0 heterocycles. The summed E-state index contributed by atoms with van der Waals surface area (Å²) in [4.78, 5) is 11.5. The van der Waals surface area contributed by atoms with Crippen LogP contribution in [-0.2, 0) is 9.53 Å². The molecule has 0 aliphatic heterocycles. The molecule has 0 aliphatic carbocycles. The van der Waals surface area contributed by atoms with Gasteiger partial charge in [-0.1, -0.05) is 23.2 Å². The van der Waals surface area contributed by atoms with Crippen LogP contribution in [0.1, 0.15) is 6.92 Å². The summed E-state index contributed by atoms with van der Waals surface area (Å²) in [6.45, 7) is 2.09. The van der Waals surface area contributed by atoms with E-state index in [2.05, 4.69) is 5.32 Å². The van der Waals surface area contributed by atoms with Crippen molar-refractivity contribution in [2.24, 2.45) is 0 Å². The fourth-order valence-corrected chi connectivity index (χ4v) is 2.21. The summed E-state index contributed by atoms with van der Waals surface area (Å²) in [5.74, 6) is 0.509. The van der Waals surface area contributed by atoms with Crippen molar-refractivity contribution < 1.29 is 14.3 Å². The van der Waals surface area contributed by atoms with Gasteiger partial charge < -0.3 is 20.5 Å². The topological polar surface area (TPSA) is 73.6 Å². The second-order valence-corrected chi connectivity index (χ2v) is 5.43. The van der Waals surface area contributed by atoms with Crippen LogP contribution in [-0.4, -0.2) is 19.1 Å². The molecule has 0 saturated carbocycles. The average Bonchev–Trinajstić information content (AvgIpc) is 2.49. The number of nitrogens with one attached hydrogen (secondary N) is 1. The Morgan fingerprint density at radius 3 is 2.65 bits per heavy atom. The SMILES string of the molecule is CCOC(=O)CNc1ccc(Cl)cc1Oc1ccc(N)cc1Cl. The lowest BCUT2D eigenvalue weighted by Crippen LogP contribution is -2.16. The number of rotatable bonds is 6. The largest absolute Gasteiger partial charge is 0.465 e. The van der Waals surface area contributed by atoms with E-state index in [1.165, 1.54) is 0 Å². The minimum atomic E-state index is -0.362. The van der Waals surface area contributed by atoms with E-state index >= 15 is 0 Å². The van der Waals surface area contributed by atoms with E-state index in [1.54, 1.807) is 43.3 Å². The minimum Gasteiger partial charge on any atom is -0.465 e. The molecule has 0 aromatic heterocycles. The van der Waals surface area contributed by atoms with Crippen LogP contribution in [0.15, 0.2) is 36.4 Å². The molecule has 0 saturated heterocycles. The van der Waals surface area contributed by atoms with Crippen molar-refractivity contribution in [3.05, 3.63) is 46.4 Å². The number of esters is 1. The minimum absolute atomic E-state index is 0.0152. The maximum atomic E-state index is 11.5. The van der Waals surface area contributed by atoms with Crippen LogP contribution < -0.4 is 15.8 Å². The number of anilines is 2. The number of hydrogen-bond donors (Lipinski definition) is 2. The van der Waals surface area contributed by atoms with Gasteiger partial charge in [0, 0.05) is 16.8 Å². The Bertz CT molecular complexity index is 708. The van der Waals surface area contributed by atoms with Crippen molar-refractivity contribution in [2.45, 2.75) is 6.92 Å². The first-order valence-electron chi connectivity index (χ1n) is 6.91. The van der Waals surface area contributed by atoms with Gasteiger partial charge in [-0.3, -0.25) is 4.79 Å². The van der Waals surface area contributed by atoms with Gasteiger partial charge in [0.15, 0.2) is 5.75 Å². The maximum absolute atomic E-state index is 11.5.